The van der Waals surface area contributed by atoms with Crippen LogP contribution < -0.4 is 0 Å². The normalized spacial score (nSPS) is 11.1. The molecule has 158 valence electrons. The van der Waals surface area contributed by atoms with Gasteiger partial charge in [-0.25, -0.2) is 13.2 Å². The average Bonchev–Trinajstić information content (AvgIpc) is 2.70. The molecule has 0 spiro atoms. The summed E-state index contributed by atoms with van der Waals surface area (Å²) < 4.78 is 68.1. The van der Waals surface area contributed by atoms with E-state index in [1.807, 2.05) is 24.3 Å². The average molecular weight is 418 g/mol. The summed E-state index contributed by atoms with van der Waals surface area (Å²) in [5.74, 6) is -3.42. The quantitative estimate of drug-likeness (QED) is 0.254. The minimum atomic E-state index is -2.25. The summed E-state index contributed by atoms with van der Waals surface area (Å²) >= 11 is 0. The van der Waals surface area contributed by atoms with Crippen molar-refractivity contribution >= 4 is 16.8 Å². The van der Waals surface area contributed by atoms with E-state index < -0.39 is 34.5 Å². The summed E-state index contributed by atoms with van der Waals surface area (Å²) in [5.41, 5.74) is 1.41. The minimum Gasteiger partial charge on any atom is -0.206 e. The molecule has 3 aromatic carbocycles. The highest BCUT2D eigenvalue weighted by atomic mass is 19.3. The zero-order valence-electron chi connectivity index (χ0n) is 16.8. The highest BCUT2D eigenvalue weighted by Gasteiger charge is 2.17. The zero-order valence-corrected chi connectivity index (χ0v) is 16.8. The molecule has 0 unspecified atom stereocenters. The van der Waals surface area contributed by atoms with Gasteiger partial charge in [-0.05, 0) is 53.1 Å². The Hall–Kier alpha value is -2.69. The van der Waals surface area contributed by atoms with E-state index in [0.29, 0.717) is 11.1 Å². The molecule has 0 aliphatic rings. The summed E-state index contributed by atoms with van der Waals surface area (Å²) in [6.45, 7) is 2.18. The first-order valence-electron chi connectivity index (χ1n) is 10.1. The summed E-state index contributed by atoms with van der Waals surface area (Å²) in [5, 5.41) is -0.521. The van der Waals surface area contributed by atoms with Crippen LogP contribution in [0.15, 0.2) is 48.5 Å². The summed E-state index contributed by atoms with van der Waals surface area (Å²) in [6.07, 6.45) is 4.75. The molecule has 0 saturated carbocycles. The lowest BCUT2D eigenvalue weighted by molar-refractivity contribution is 0.428. The fourth-order valence-electron chi connectivity index (χ4n) is 3.63. The minimum absolute atomic E-state index is 0.0172. The second-order valence-electron chi connectivity index (χ2n) is 7.44. The second-order valence-corrected chi connectivity index (χ2v) is 7.44. The Balaban J connectivity index is 1.87. The van der Waals surface area contributed by atoms with Crippen LogP contribution in [0.5, 0.6) is 0 Å². The van der Waals surface area contributed by atoms with Crippen molar-refractivity contribution in [3.63, 3.8) is 0 Å². The lowest BCUT2D eigenvalue weighted by atomic mass is 9.97. The molecule has 0 nitrogen and oxygen atoms in total. The van der Waals surface area contributed by atoms with Crippen LogP contribution in [-0.2, 0) is 6.42 Å². The maximum atomic E-state index is 14.6. The predicted octanol–water partition coefficient (Wildman–Crippen LogP) is 8.67. The Bertz CT molecular complexity index is 1050. The summed E-state index contributed by atoms with van der Waals surface area (Å²) in [4.78, 5) is 0. The van der Waals surface area contributed by atoms with Crippen molar-refractivity contribution in [2.75, 3.05) is 0 Å². The van der Waals surface area contributed by atoms with Crippen molar-refractivity contribution < 1.29 is 22.0 Å². The van der Waals surface area contributed by atoms with E-state index in [1.165, 1.54) is 37.3 Å². The van der Waals surface area contributed by atoms with E-state index in [2.05, 4.69) is 6.92 Å². The maximum absolute atomic E-state index is 14.6. The molecule has 0 fully saturated rings. The summed E-state index contributed by atoms with van der Waals surface area (Å²) in [7, 11) is 0. The first-order chi connectivity index (χ1) is 14.4. The van der Waals surface area contributed by atoms with Crippen molar-refractivity contribution in [1.82, 2.24) is 0 Å². The zero-order chi connectivity index (χ0) is 21.7. The molecule has 3 aromatic rings. The fraction of sp³-hybridized carbons (Fsp3) is 0.280. The molecule has 0 bridgehead atoms. The van der Waals surface area contributed by atoms with E-state index in [0.717, 1.165) is 25.0 Å². The van der Waals surface area contributed by atoms with Crippen molar-refractivity contribution in [3.8, 4) is 11.1 Å². The number of rotatable bonds is 8. The van der Waals surface area contributed by atoms with Gasteiger partial charge in [0.25, 0.3) is 6.08 Å². The predicted molar refractivity (Wildman–Crippen MR) is 112 cm³/mol. The van der Waals surface area contributed by atoms with Gasteiger partial charge in [0, 0.05) is 6.08 Å². The standard InChI is InChI=1S/C25H23F5/c1-2-3-4-5-6-7-16-8-10-17(11-9-16)18-12-19-14-21(26)20(15-23(28)29)25(30)24(19)22(27)13-18/h8-15H,2-7H2,1H3. The Kier molecular flexibility index (Phi) is 7.24. The number of benzene rings is 3. The second kappa shape index (κ2) is 9.88. The number of aryl methyl sites for hydroxylation is 1. The largest absolute Gasteiger partial charge is 0.271 e. The van der Waals surface area contributed by atoms with Crippen molar-refractivity contribution in [1.29, 1.82) is 0 Å². The van der Waals surface area contributed by atoms with Gasteiger partial charge in [0.1, 0.15) is 17.5 Å². The van der Waals surface area contributed by atoms with Crippen LogP contribution >= 0.6 is 0 Å². The van der Waals surface area contributed by atoms with Gasteiger partial charge >= 0.3 is 0 Å². The number of halogens is 5. The van der Waals surface area contributed by atoms with E-state index in [1.54, 1.807) is 0 Å². The number of hydrogen-bond donors (Lipinski definition) is 0. The first-order valence-corrected chi connectivity index (χ1v) is 10.1. The monoisotopic (exact) mass is 418 g/mol. The molecule has 0 radical (unpaired) electrons. The van der Waals surface area contributed by atoms with Crippen LogP contribution in [0.1, 0.15) is 50.2 Å². The maximum Gasteiger partial charge on any atom is 0.271 e. The molecule has 3 rings (SSSR count). The van der Waals surface area contributed by atoms with Gasteiger partial charge in [0.2, 0.25) is 0 Å². The number of unbranched alkanes of at least 4 members (excludes halogenated alkanes) is 4. The van der Waals surface area contributed by atoms with Crippen LogP contribution in [0, 0.1) is 17.5 Å². The summed E-state index contributed by atoms with van der Waals surface area (Å²) in [6, 6.07) is 11.1. The lowest BCUT2D eigenvalue weighted by Gasteiger charge is -2.10. The number of hydrogen-bond acceptors (Lipinski definition) is 0. The first kappa shape index (κ1) is 22.0. The Labute approximate surface area is 173 Å². The third-order valence-electron chi connectivity index (χ3n) is 5.23. The van der Waals surface area contributed by atoms with Crippen molar-refractivity contribution in [2.45, 2.75) is 45.4 Å². The molecule has 0 saturated heterocycles. The van der Waals surface area contributed by atoms with E-state index in [4.69, 9.17) is 0 Å². The Morgan fingerprint density at radius 2 is 1.50 bits per heavy atom. The van der Waals surface area contributed by atoms with E-state index >= 15 is 0 Å². The molecule has 0 N–H and O–H groups in total. The van der Waals surface area contributed by atoms with Crippen LogP contribution in [-0.4, -0.2) is 0 Å². The molecule has 0 aliphatic heterocycles. The molecule has 5 heteroatoms. The highest BCUT2D eigenvalue weighted by Crippen LogP contribution is 2.32. The SMILES string of the molecule is CCCCCCCc1ccc(-c2cc(F)c3c(F)c(C=C(F)F)c(F)cc3c2)cc1. The third kappa shape index (κ3) is 5.07. The van der Waals surface area contributed by atoms with Crippen molar-refractivity contribution in [3.05, 3.63) is 77.1 Å². The molecule has 0 amide bonds. The van der Waals surface area contributed by atoms with Gasteiger partial charge in [-0.3, -0.25) is 0 Å². The highest BCUT2D eigenvalue weighted by molar-refractivity contribution is 5.90. The topological polar surface area (TPSA) is 0 Å². The van der Waals surface area contributed by atoms with Crippen LogP contribution in [0.2, 0.25) is 0 Å². The van der Waals surface area contributed by atoms with Gasteiger partial charge in [-0.2, -0.15) is 8.78 Å². The molecule has 0 aromatic heterocycles. The van der Waals surface area contributed by atoms with E-state index in [9.17, 15) is 22.0 Å². The fourth-order valence-corrected chi connectivity index (χ4v) is 3.63. The molecule has 0 aliphatic carbocycles. The van der Waals surface area contributed by atoms with Crippen molar-refractivity contribution in [2.24, 2.45) is 0 Å². The smallest absolute Gasteiger partial charge is 0.206 e. The molecule has 0 heterocycles. The van der Waals surface area contributed by atoms with Gasteiger partial charge in [0.15, 0.2) is 0 Å². The van der Waals surface area contributed by atoms with Gasteiger partial charge in [0.05, 0.1) is 10.9 Å². The van der Waals surface area contributed by atoms with Gasteiger partial charge in [-0.1, -0.05) is 56.9 Å². The van der Waals surface area contributed by atoms with Gasteiger partial charge in [-0.15, -0.1) is 0 Å². The molecular formula is C25H23F5. The Morgan fingerprint density at radius 3 is 2.17 bits per heavy atom. The van der Waals surface area contributed by atoms with Crippen LogP contribution in [0.25, 0.3) is 28.0 Å². The lowest BCUT2D eigenvalue weighted by Crippen LogP contribution is -1.95. The molecule has 30 heavy (non-hydrogen) atoms. The van der Waals surface area contributed by atoms with Gasteiger partial charge < -0.3 is 0 Å². The van der Waals surface area contributed by atoms with Crippen LogP contribution in [0.4, 0.5) is 22.0 Å². The Morgan fingerprint density at radius 1 is 0.800 bits per heavy atom. The van der Waals surface area contributed by atoms with E-state index in [-0.39, 0.29) is 11.5 Å². The molecule has 0 atom stereocenters. The third-order valence-corrected chi connectivity index (χ3v) is 5.23. The molecular weight excluding hydrogens is 395 g/mol. The van der Waals surface area contributed by atoms with Crippen LogP contribution in [0.3, 0.4) is 0 Å². The number of fused-ring (bicyclic) bond motifs is 1.